The first kappa shape index (κ1) is 20.3. The van der Waals surface area contributed by atoms with Crippen LogP contribution in [0.3, 0.4) is 0 Å². The summed E-state index contributed by atoms with van der Waals surface area (Å²) in [4.78, 5) is 4.93. The Labute approximate surface area is 172 Å². The fourth-order valence-electron chi connectivity index (χ4n) is 4.44. The molecule has 0 amide bonds. The number of aryl methyl sites for hydroxylation is 1. The molecule has 2 aromatic rings. The van der Waals surface area contributed by atoms with Crippen molar-refractivity contribution in [3.05, 3.63) is 46.8 Å². The van der Waals surface area contributed by atoms with Crippen LogP contribution in [0.5, 0.6) is 5.75 Å². The highest BCUT2D eigenvalue weighted by atomic mass is 16.5. The summed E-state index contributed by atoms with van der Waals surface area (Å²) in [6, 6.07) is 8.47. The first-order valence-electron chi connectivity index (χ1n) is 10.6. The van der Waals surface area contributed by atoms with Gasteiger partial charge in [0.2, 0.25) is 0 Å². The van der Waals surface area contributed by atoms with Crippen molar-refractivity contribution in [1.29, 1.82) is 0 Å². The number of aromatic nitrogens is 2. The topological polar surface area (TPSA) is 74.0 Å². The molecule has 1 saturated heterocycles. The second-order valence-corrected chi connectivity index (χ2v) is 8.18. The maximum Gasteiger partial charge on any atom is 0.123 e. The van der Waals surface area contributed by atoms with Gasteiger partial charge in [0.1, 0.15) is 11.9 Å². The third-order valence-electron chi connectivity index (χ3n) is 5.97. The molecule has 0 bridgehead atoms. The number of aliphatic hydroxyl groups excluding tert-OH is 2. The van der Waals surface area contributed by atoms with Gasteiger partial charge in [-0.3, -0.25) is 14.5 Å². The Hall–Kier alpha value is -1.93. The molecular weight excluding hydrogens is 368 g/mol. The van der Waals surface area contributed by atoms with Crippen molar-refractivity contribution in [3.8, 4) is 5.75 Å². The van der Waals surface area contributed by atoms with Crippen molar-refractivity contribution in [2.75, 3.05) is 33.4 Å². The molecule has 4 rings (SSSR count). The first-order chi connectivity index (χ1) is 14.2. The van der Waals surface area contributed by atoms with Crippen LogP contribution in [0.1, 0.15) is 47.9 Å². The summed E-state index contributed by atoms with van der Waals surface area (Å²) in [6.07, 6.45) is 2.69. The lowest BCUT2D eigenvalue weighted by Gasteiger charge is -2.22. The van der Waals surface area contributed by atoms with E-state index >= 15 is 0 Å². The number of aliphatic hydroxyl groups is 2. The molecule has 2 N–H and O–H groups in total. The van der Waals surface area contributed by atoms with Gasteiger partial charge in [-0.25, -0.2) is 0 Å². The van der Waals surface area contributed by atoms with Crippen LogP contribution in [0.2, 0.25) is 0 Å². The highest BCUT2D eigenvalue weighted by molar-refractivity contribution is 5.37. The molecule has 0 radical (unpaired) electrons. The van der Waals surface area contributed by atoms with Crippen LogP contribution in [0.4, 0.5) is 0 Å². The number of hydrogen-bond donors (Lipinski definition) is 2. The standard InChI is InChI=1S/C22H32N4O3/c1-29-22-6-5-17(11-18(22)14-24-7-2-3-8-24)13-25-9-4-10-26-19(15-25)12-20(23-26)21(28)16-27/h5-6,11-12,21,27-28H,2-4,7-10,13-16H2,1H3. The Morgan fingerprint density at radius 2 is 1.83 bits per heavy atom. The predicted molar refractivity (Wildman–Crippen MR) is 111 cm³/mol. The number of fused-ring (bicyclic) bond motifs is 1. The maximum absolute atomic E-state index is 9.89. The Balaban J connectivity index is 1.47. The van der Waals surface area contributed by atoms with Crippen LogP contribution in [0.15, 0.2) is 24.3 Å². The van der Waals surface area contributed by atoms with Gasteiger partial charge in [-0.1, -0.05) is 6.07 Å². The van der Waals surface area contributed by atoms with Crippen LogP contribution in [0.25, 0.3) is 0 Å². The smallest absolute Gasteiger partial charge is 0.123 e. The van der Waals surface area contributed by atoms with Gasteiger partial charge in [0.05, 0.1) is 25.1 Å². The minimum atomic E-state index is -0.905. The van der Waals surface area contributed by atoms with Gasteiger partial charge >= 0.3 is 0 Å². The monoisotopic (exact) mass is 400 g/mol. The lowest BCUT2D eigenvalue weighted by Crippen LogP contribution is -2.23. The van der Waals surface area contributed by atoms with E-state index in [1.807, 2.05) is 10.7 Å². The zero-order valence-corrected chi connectivity index (χ0v) is 17.3. The molecule has 0 saturated carbocycles. The molecule has 2 aliphatic rings. The lowest BCUT2D eigenvalue weighted by atomic mass is 10.1. The number of rotatable bonds is 7. The van der Waals surface area contributed by atoms with Crippen molar-refractivity contribution in [2.45, 2.75) is 51.5 Å². The van der Waals surface area contributed by atoms with Crippen LogP contribution in [-0.4, -0.2) is 63.1 Å². The first-order valence-corrected chi connectivity index (χ1v) is 10.6. The molecule has 29 heavy (non-hydrogen) atoms. The van der Waals surface area contributed by atoms with Gasteiger partial charge in [-0.15, -0.1) is 0 Å². The molecule has 1 unspecified atom stereocenters. The molecule has 7 heteroatoms. The minimum Gasteiger partial charge on any atom is -0.496 e. The minimum absolute atomic E-state index is 0.300. The molecule has 158 valence electrons. The van der Waals surface area contributed by atoms with E-state index < -0.39 is 6.10 Å². The molecule has 1 aromatic carbocycles. The molecule has 1 fully saturated rings. The summed E-state index contributed by atoms with van der Waals surface area (Å²) < 4.78 is 7.58. The second-order valence-electron chi connectivity index (χ2n) is 8.18. The van der Waals surface area contributed by atoms with Crippen molar-refractivity contribution < 1.29 is 14.9 Å². The Morgan fingerprint density at radius 3 is 2.59 bits per heavy atom. The fraction of sp³-hybridized carbons (Fsp3) is 0.591. The number of ether oxygens (including phenoxy) is 1. The van der Waals surface area contributed by atoms with Gasteiger partial charge in [-0.05, 0) is 56.1 Å². The summed E-state index contributed by atoms with van der Waals surface area (Å²) in [6.45, 7) is 6.51. The zero-order valence-electron chi connectivity index (χ0n) is 17.3. The number of methoxy groups -OCH3 is 1. The summed E-state index contributed by atoms with van der Waals surface area (Å²) >= 11 is 0. The summed E-state index contributed by atoms with van der Waals surface area (Å²) in [5.41, 5.74) is 4.21. The number of hydrogen-bond acceptors (Lipinski definition) is 6. The molecule has 3 heterocycles. The van der Waals surface area contributed by atoms with E-state index in [1.54, 1.807) is 7.11 Å². The maximum atomic E-state index is 9.89. The van der Waals surface area contributed by atoms with Crippen LogP contribution in [-0.2, 0) is 26.2 Å². The number of benzene rings is 1. The highest BCUT2D eigenvalue weighted by Gasteiger charge is 2.20. The molecule has 0 aliphatic carbocycles. The number of likely N-dealkylation sites (tertiary alicyclic amines) is 1. The summed E-state index contributed by atoms with van der Waals surface area (Å²) in [5.74, 6) is 0.970. The average molecular weight is 401 g/mol. The van der Waals surface area contributed by atoms with E-state index in [1.165, 1.54) is 37.1 Å². The van der Waals surface area contributed by atoms with Crippen molar-refractivity contribution in [3.63, 3.8) is 0 Å². The highest BCUT2D eigenvalue weighted by Crippen LogP contribution is 2.25. The molecular formula is C22H32N4O3. The second kappa shape index (κ2) is 9.26. The van der Waals surface area contributed by atoms with Crippen LogP contribution < -0.4 is 4.74 Å². The van der Waals surface area contributed by atoms with Crippen molar-refractivity contribution >= 4 is 0 Å². The van der Waals surface area contributed by atoms with E-state index in [4.69, 9.17) is 4.74 Å². The quantitative estimate of drug-likeness (QED) is 0.740. The molecule has 1 aromatic heterocycles. The van der Waals surface area contributed by atoms with Gasteiger partial charge in [0.15, 0.2) is 0 Å². The van der Waals surface area contributed by atoms with E-state index in [9.17, 15) is 10.2 Å². The van der Waals surface area contributed by atoms with E-state index in [0.29, 0.717) is 5.69 Å². The van der Waals surface area contributed by atoms with Crippen LogP contribution in [0, 0.1) is 0 Å². The molecule has 1 atom stereocenters. The predicted octanol–water partition coefficient (Wildman–Crippen LogP) is 1.92. The lowest BCUT2D eigenvalue weighted by molar-refractivity contribution is 0.0916. The van der Waals surface area contributed by atoms with E-state index in [0.717, 1.165) is 50.6 Å². The molecule has 0 spiro atoms. The third kappa shape index (κ3) is 4.80. The average Bonchev–Trinajstić information content (AvgIpc) is 3.34. The van der Waals surface area contributed by atoms with Gasteiger partial charge in [-0.2, -0.15) is 5.10 Å². The summed E-state index contributed by atoms with van der Waals surface area (Å²) in [5, 5.41) is 23.6. The fourth-order valence-corrected chi connectivity index (χ4v) is 4.44. The number of nitrogens with zero attached hydrogens (tertiary/aromatic N) is 4. The largest absolute Gasteiger partial charge is 0.496 e. The van der Waals surface area contributed by atoms with E-state index in [-0.39, 0.29) is 6.61 Å². The normalized spacial score (nSPS) is 19.1. The molecule has 2 aliphatic heterocycles. The van der Waals surface area contributed by atoms with Crippen LogP contribution >= 0.6 is 0 Å². The summed E-state index contributed by atoms with van der Waals surface area (Å²) in [7, 11) is 1.75. The van der Waals surface area contributed by atoms with Gasteiger partial charge in [0, 0.05) is 38.3 Å². The van der Waals surface area contributed by atoms with Gasteiger partial charge < -0.3 is 14.9 Å². The zero-order chi connectivity index (χ0) is 20.2. The Morgan fingerprint density at radius 1 is 1.03 bits per heavy atom. The van der Waals surface area contributed by atoms with E-state index in [2.05, 4.69) is 33.1 Å². The van der Waals surface area contributed by atoms with Gasteiger partial charge in [0.25, 0.3) is 0 Å². The molecule has 7 nitrogen and oxygen atoms in total. The third-order valence-corrected chi connectivity index (χ3v) is 5.97. The SMILES string of the molecule is COc1ccc(CN2CCCn3nc(C(O)CO)cc3C2)cc1CN1CCCC1. The van der Waals surface area contributed by atoms with Crippen molar-refractivity contribution in [2.24, 2.45) is 0 Å². The Kier molecular flexibility index (Phi) is 6.50. The van der Waals surface area contributed by atoms with Crippen molar-refractivity contribution in [1.82, 2.24) is 19.6 Å². The Bertz CT molecular complexity index is 816.